The van der Waals surface area contributed by atoms with Gasteiger partial charge in [-0.25, -0.2) is 0 Å². The van der Waals surface area contributed by atoms with E-state index in [0.29, 0.717) is 12.3 Å². The van der Waals surface area contributed by atoms with E-state index in [4.69, 9.17) is 11.6 Å². The van der Waals surface area contributed by atoms with Gasteiger partial charge < -0.3 is 4.90 Å². The summed E-state index contributed by atoms with van der Waals surface area (Å²) in [4.78, 5) is 13.8. The minimum absolute atomic E-state index is 0.171. The van der Waals surface area contributed by atoms with Gasteiger partial charge in [0.1, 0.15) is 0 Å². The molecule has 0 spiro atoms. The molecule has 1 aromatic rings. The third kappa shape index (κ3) is 6.17. The number of hydrogen-bond donors (Lipinski definition) is 0. The SMILES string of the molecule is C=C(C)CN(CC)C(=O)CSCc1ccc(Cl)cc1. The number of nitrogens with zero attached hydrogens (tertiary/aromatic N) is 1. The summed E-state index contributed by atoms with van der Waals surface area (Å²) in [6, 6.07) is 7.73. The normalized spacial score (nSPS) is 10.3. The van der Waals surface area contributed by atoms with E-state index in [9.17, 15) is 4.79 Å². The quantitative estimate of drug-likeness (QED) is 0.709. The van der Waals surface area contributed by atoms with Gasteiger partial charge in [-0.15, -0.1) is 11.8 Å². The summed E-state index contributed by atoms with van der Waals surface area (Å²) in [5, 5.41) is 0.739. The molecule has 0 bridgehead atoms. The van der Waals surface area contributed by atoms with Gasteiger partial charge in [0, 0.05) is 23.9 Å². The molecule has 2 nitrogen and oxygen atoms in total. The van der Waals surface area contributed by atoms with Crippen molar-refractivity contribution in [3.8, 4) is 0 Å². The second-order valence-corrected chi connectivity index (χ2v) is 5.91. The number of rotatable bonds is 7. The molecule has 0 aliphatic heterocycles. The third-order valence-corrected chi connectivity index (χ3v) is 3.84. The molecule has 0 saturated heterocycles. The number of amides is 1. The molecule has 0 heterocycles. The van der Waals surface area contributed by atoms with Crippen molar-refractivity contribution < 1.29 is 4.79 Å². The van der Waals surface area contributed by atoms with Crippen molar-refractivity contribution in [1.29, 1.82) is 0 Å². The van der Waals surface area contributed by atoms with Gasteiger partial charge in [-0.3, -0.25) is 4.79 Å². The number of benzene rings is 1. The standard InChI is InChI=1S/C15H20ClNOS/c1-4-17(9-12(2)3)15(18)11-19-10-13-5-7-14(16)8-6-13/h5-8H,2,4,9-11H2,1,3H3. The molecule has 4 heteroatoms. The zero-order chi connectivity index (χ0) is 14.3. The topological polar surface area (TPSA) is 20.3 Å². The van der Waals surface area contributed by atoms with Gasteiger partial charge in [0.25, 0.3) is 0 Å². The fourth-order valence-electron chi connectivity index (χ4n) is 1.63. The predicted molar refractivity (Wildman–Crippen MR) is 84.7 cm³/mol. The van der Waals surface area contributed by atoms with Crippen molar-refractivity contribution in [1.82, 2.24) is 4.90 Å². The maximum absolute atomic E-state index is 12.0. The Hall–Kier alpha value is -0.930. The Bertz CT molecular complexity index is 430. The van der Waals surface area contributed by atoms with Gasteiger partial charge in [0.05, 0.1) is 5.75 Å². The van der Waals surface area contributed by atoms with E-state index in [0.717, 1.165) is 22.9 Å². The fraction of sp³-hybridized carbons (Fsp3) is 0.400. The highest BCUT2D eigenvalue weighted by Crippen LogP contribution is 2.16. The van der Waals surface area contributed by atoms with Crippen LogP contribution in [0.25, 0.3) is 0 Å². The fourth-order valence-corrected chi connectivity index (χ4v) is 2.64. The average molecular weight is 298 g/mol. The second-order valence-electron chi connectivity index (χ2n) is 4.48. The molecule has 0 aromatic heterocycles. The summed E-state index contributed by atoms with van der Waals surface area (Å²) in [6.45, 7) is 9.16. The highest BCUT2D eigenvalue weighted by molar-refractivity contribution is 7.99. The maximum Gasteiger partial charge on any atom is 0.232 e. The Balaban J connectivity index is 2.37. The zero-order valence-electron chi connectivity index (χ0n) is 11.5. The first-order valence-corrected chi connectivity index (χ1v) is 7.80. The van der Waals surface area contributed by atoms with Crippen molar-refractivity contribution in [3.63, 3.8) is 0 Å². The summed E-state index contributed by atoms with van der Waals surface area (Å²) < 4.78 is 0. The largest absolute Gasteiger partial charge is 0.338 e. The number of hydrogen-bond acceptors (Lipinski definition) is 2. The van der Waals surface area contributed by atoms with Crippen LogP contribution in [0.15, 0.2) is 36.4 Å². The van der Waals surface area contributed by atoms with Gasteiger partial charge >= 0.3 is 0 Å². The van der Waals surface area contributed by atoms with Crippen LogP contribution in [0.1, 0.15) is 19.4 Å². The van der Waals surface area contributed by atoms with E-state index in [1.54, 1.807) is 11.8 Å². The second kappa shape index (κ2) is 8.28. The smallest absolute Gasteiger partial charge is 0.232 e. The van der Waals surface area contributed by atoms with Gasteiger partial charge in [-0.2, -0.15) is 0 Å². The highest BCUT2D eigenvalue weighted by Gasteiger charge is 2.11. The number of likely N-dealkylation sites (N-methyl/N-ethyl adjacent to an activating group) is 1. The van der Waals surface area contributed by atoms with Crippen LogP contribution >= 0.6 is 23.4 Å². The van der Waals surface area contributed by atoms with Crippen LogP contribution in [0, 0.1) is 0 Å². The summed E-state index contributed by atoms with van der Waals surface area (Å²) in [5.41, 5.74) is 2.20. The van der Waals surface area contributed by atoms with Crippen LogP contribution in [-0.4, -0.2) is 29.6 Å². The maximum atomic E-state index is 12.0. The van der Waals surface area contributed by atoms with Crippen molar-refractivity contribution in [2.45, 2.75) is 19.6 Å². The van der Waals surface area contributed by atoms with Gasteiger partial charge in [-0.1, -0.05) is 35.9 Å². The Morgan fingerprint density at radius 2 is 2.00 bits per heavy atom. The molecular formula is C15H20ClNOS. The van der Waals surface area contributed by atoms with Crippen molar-refractivity contribution in [2.75, 3.05) is 18.8 Å². The molecule has 1 amide bonds. The summed E-state index contributed by atoms with van der Waals surface area (Å²) in [6.07, 6.45) is 0. The summed E-state index contributed by atoms with van der Waals surface area (Å²) >= 11 is 7.46. The number of halogens is 1. The van der Waals surface area contributed by atoms with Crippen molar-refractivity contribution in [3.05, 3.63) is 47.0 Å². The molecule has 0 aliphatic rings. The Kier molecular flexibility index (Phi) is 7.03. The monoisotopic (exact) mass is 297 g/mol. The van der Waals surface area contributed by atoms with Crippen molar-refractivity contribution in [2.24, 2.45) is 0 Å². The van der Waals surface area contributed by atoms with E-state index in [1.807, 2.05) is 43.0 Å². The molecule has 0 N–H and O–H groups in total. The molecule has 0 aliphatic carbocycles. The molecule has 0 radical (unpaired) electrons. The first kappa shape index (κ1) is 16.1. The minimum Gasteiger partial charge on any atom is -0.338 e. The Morgan fingerprint density at radius 1 is 1.37 bits per heavy atom. The lowest BCUT2D eigenvalue weighted by Gasteiger charge is -2.20. The first-order chi connectivity index (χ1) is 9.02. The van der Waals surface area contributed by atoms with E-state index in [2.05, 4.69) is 6.58 Å². The average Bonchev–Trinajstić information content (AvgIpc) is 2.38. The Labute approximate surface area is 124 Å². The van der Waals surface area contributed by atoms with E-state index >= 15 is 0 Å². The summed E-state index contributed by atoms with van der Waals surface area (Å²) in [7, 11) is 0. The number of carbonyl (C=O) groups excluding carboxylic acids is 1. The third-order valence-electron chi connectivity index (χ3n) is 2.60. The van der Waals surface area contributed by atoms with E-state index < -0.39 is 0 Å². The molecule has 0 unspecified atom stereocenters. The number of thioether (sulfide) groups is 1. The summed E-state index contributed by atoms with van der Waals surface area (Å²) in [5.74, 6) is 1.50. The minimum atomic E-state index is 0.171. The molecule has 1 rings (SSSR count). The molecular weight excluding hydrogens is 278 g/mol. The number of carbonyl (C=O) groups is 1. The van der Waals surface area contributed by atoms with Crippen LogP contribution < -0.4 is 0 Å². The zero-order valence-corrected chi connectivity index (χ0v) is 13.1. The first-order valence-electron chi connectivity index (χ1n) is 6.27. The molecule has 0 fully saturated rings. The lowest BCUT2D eigenvalue weighted by molar-refractivity contribution is -0.127. The van der Waals surface area contributed by atoms with Gasteiger partial charge in [-0.05, 0) is 31.5 Å². The van der Waals surface area contributed by atoms with Gasteiger partial charge in [0.2, 0.25) is 5.91 Å². The molecule has 104 valence electrons. The highest BCUT2D eigenvalue weighted by atomic mass is 35.5. The van der Waals surface area contributed by atoms with Crippen LogP contribution in [0.3, 0.4) is 0 Å². The molecule has 0 atom stereocenters. The lowest BCUT2D eigenvalue weighted by atomic mass is 10.2. The van der Waals surface area contributed by atoms with Crippen LogP contribution in [0.5, 0.6) is 0 Å². The van der Waals surface area contributed by atoms with E-state index in [1.165, 1.54) is 5.56 Å². The predicted octanol–water partition coefficient (Wildman–Crippen LogP) is 4.00. The van der Waals surface area contributed by atoms with Crippen LogP contribution in [0.2, 0.25) is 5.02 Å². The lowest BCUT2D eigenvalue weighted by Crippen LogP contribution is -2.33. The van der Waals surface area contributed by atoms with Gasteiger partial charge in [0.15, 0.2) is 0 Å². The van der Waals surface area contributed by atoms with Crippen LogP contribution in [0.4, 0.5) is 0 Å². The molecule has 19 heavy (non-hydrogen) atoms. The van der Waals surface area contributed by atoms with E-state index in [-0.39, 0.29) is 5.91 Å². The van der Waals surface area contributed by atoms with Crippen molar-refractivity contribution >= 4 is 29.3 Å². The van der Waals surface area contributed by atoms with Crippen LogP contribution in [-0.2, 0) is 10.5 Å². The molecule has 1 aromatic carbocycles. The Morgan fingerprint density at radius 3 is 2.53 bits per heavy atom. The molecule has 0 saturated carbocycles.